The predicted octanol–water partition coefficient (Wildman–Crippen LogP) is 1.60. The lowest BCUT2D eigenvalue weighted by Gasteiger charge is -2.38. The molecule has 0 saturated carbocycles. The van der Waals surface area contributed by atoms with E-state index in [-0.39, 0.29) is 29.5 Å². The highest BCUT2D eigenvalue weighted by Gasteiger charge is 2.42. The number of piperidine rings is 1. The van der Waals surface area contributed by atoms with E-state index in [0.29, 0.717) is 11.6 Å². The number of sulfone groups is 1. The second-order valence-electron chi connectivity index (χ2n) is 9.48. The number of hydrogen-bond donors (Lipinski definition) is 1. The third kappa shape index (κ3) is 5.41. The van der Waals surface area contributed by atoms with Crippen LogP contribution >= 0.6 is 0 Å². The van der Waals surface area contributed by atoms with E-state index >= 15 is 0 Å². The number of rotatable bonds is 5. The minimum absolute atomic E-state index is 0.0398. The van der Waals surface area contributed by atoms with E-state index in [1.165, 1.54) is 6.42 Å². The average Bonchev–Trinajstić information content (AvgIpc) is 3.08. The van der Waals surface area contributed by atoms with Gasteiger partial charge in [0.05, 0.1) is 17.5 Å². The zero-order valence-corrected chi connectivity index (χ0v) is 19.6. The normalized spacial score (nSPS) is 27.5. The monoisotopic (exact) mass is 448 g/mol. The third-order valence-corrected chi connectivity index (χ3v) is 8.75. The summed E-state index contributed by atoms with van der Waals surface area (Å²) in [5.41, 5.74) is 1.72. The van der Waals surface area contributed by atoms with E-state index in [1.807, 2.05) is 24.3 Å². The van der Waals surface area contributed by atoms with Crippen molar-refractivity contribution in [2.75, 3.05) is 55.7 Å². The number of piperazine rings is 1. The number of hydrogen-bond acceptors (Lipinski definition) is 6. The van der Waals surface area contributed by atoms with E-state index in [0.717, 1.165) is 57.8 Å². The number of nitrogens with zero attached hydrogens (tertiary/aromatic N) is 3. The molecule has 8 heteroatoms. The summed E-state index contributed by atoms with van der Waals surface area (Å²) >= 11 is 0. The summed E-state index contributed by atoms with van der Waals surface area (Å²) in [6, 6.07) is 7.87. The smallest absolute Gasteiger partial charge is 0.251 e. The molecule has 2 atom stereocenters. The van der Waals surface area contributed by atoms with Crippen LogP contribution in [0, 0.1) is 0 Å². The lowest BCUT2D eigenvalue weighted by molar-refractivity contribution is 0.0900. The van der Waals surface area contributed by atoms with Crippen molar-refractivity contribution in [3.05, 3.63) is 29.8 Å². The van der Waals surface area contributed by atoms with Gasteiger partial charge in [-0.15, -0.1) is 0 Å². The maximum absolute atomic E-state index is 12.9. The van der Waals surface area contributed by atoms with Crippen molar-refractivity contribution in [1.82, 2.24) is 15.1 Å². The molecule has 0 bridgehead atoms. The summed E-state index contributed by atoms with van der Waals surface area (Å²) < 4.78 is 24.6. The fourth-order valence-electron chi connectivity index (χ4n) is 5.15. The molecule has 3 aliphatic rings. The molecule has 172 valence electrons. The molecule has 1 aromatic rings. The van der Waals surface area contributed by atoms with Crippen molar-refractivity contribution in [2.45, 2.75) is 51.2 Å². The largest absolute Gasteiger partial charge is 0.369 e. The number of benzene rings is 1. The van der Waals surface area contributed by atoms with Gasteiger partial charge in [0, 0.05) is 49.5 Å². The van der Waals surface area contributed by atoms with E-state index < -0.39 is 9.84 Å². The summed E-state index contributed by atoms with van der Waals surface area (Å²) in [6.45, 7) is 10.4. The zero-order valence-electron chi connectivity index (χ0n) is 18.8. The van der Waals surface area contributed by atoms with Crippen LogP contribution in [0.4, 0.5) is 5.69 Å². The quantitative estimate of drug-likeness (QED) is 0.738. The summed E-state index contributed by atoms with van der Waals surface area (Å²) in [6.07, 6.45) is 3.40. The first-order chi connectivity index (χ1) is 14.8. The van der Waals surface area contributed by atoms with Crippen molar-refractivity contribution < 1.29 is 13.2 Å². The lowest BCUT2D eigenvalue weighted by atomic mass is 10.0. The van der Waals surface area contributed by atoms with Crippen molar-refractivity contribution in [2.24, 2.45) is 0 Å². The first kappa shape index (κ1) is 22.6. The first-order valence-corrected chi connectivity index (χ1v) is 13.5. The van der Waals surface area contributed by atoms with Gasteiger partial charge in [0.1, 0.15) is 0 Å². The number of likely N-dealkylation sites (tertiary alicyclic amines) is 1. The molecule has 1 N–H and O–H groups in total. The molecule has 3 saturated heterocycles. The Balaban J connectivity index is 1.38. The Labute approximate surface area is 186 Å². The minimum Gasteiger partial charge on any atom is -0.369 e. The standard InChI is InChI=1S/C23H36N4O3S/c1-18(2)25-12-14-26(15-13-25)20-8-6-19(7-9-20)23(28)24-21-16-31(29,30)17-22(21)27-10-4-3-5-11-27/h6-9,18,21-22H,3-5,10-17H2,1-2H3,(H,24,28). The molecule has 0 radical (unpaired) electrons. The molecule has 0 spiro atoms. The van der Waals surface area contributed by atoms with Crippen LogP contribution in [0.5, 0.6) is 0 Å². The van der Waals surface area contributed by atoms with Gasteiger partial charge in [0.25, 0.3) is 5.91 Å². The zero-order chi connectivity index (χ0) is 22.0. The Hall–Kier alpha value is -1.64. The lowest BCUT2D eigenvalue weighted by Crippen LogP contribution is -2.52. The summed E-state index contributed by atoms with van der Waals surface area (Å²) in [5, 5.41) is 3.04. The first-order valence-electron chi connectivity index (χ1n) is 11.7. The molecular weight excluding hydrogens is 412 g/mol. The number of anilines is 1. The van der Waals surface area contributed by atoms with Gasteiger partial charge in [-0.3, -0.25) is 14.6 Å². The van der Waals surface area contributed by atoms with Crippen LogP contribution in [0.15, 0.2) is 24.3 Å². The van der Waals surface area contributed by atoms with Crippen LogP contribution in [0.25, 0.3) is 0 Å². The van der Waals surface area contributed by atoms with Gasteiger partial charge in [0.2, 0.25) is 0 Å². The highest BCUT2D eigenvalue weighted by atomic mass is 32.2. The van der Waals surface area contributed by atoms with Crippen LogP contribution in [-0.4, -0.2) is 93.0 Å². The maximum Gasteiger partial charge on any atom is 0.251 e. The maximum atomic E-state index is 12.9. The van der Waals surface area contributed by atoms with Gasteiger partial charge >= 0.3 is 0 Å². The van der Waals surface area contributed by atoms with Crippen LogP contribution in [0.1, 0.15) is 43.5 Å². The second kappa shape index (κ2) is 9.46. The summed E-state index contributed by atoms with van der Waals surface area (Å²) in [5.74, 6) is 0.0115. The molecule has 1 amide bonds. The Morgan fingerprint density at radius 2 is 1.58 bits per heavy atom. The molecule has 0 aromatic heterocycles. The number of carbonyl (C=O) groups excluding carboxylic acids is 1. The Morgan fingerprint density at radius 3 is 2.19 bits per heavy atom. The molecule has 0 aliphatic carbocycles. The Morgan fingerprint density at radius 1 is 0.935 bits per heavy atom. The predicted molar refractivity (Wildman–Crippen MR) is 124 cm³/mol. The highest BCUT2D eigenvalue weighted by Crippen LogP contribution is 2.23. The Bertz CT molecular complexity index is 857. The molecule has 3 heterocycles. The summed E-state index contributed by atoms with van der Waals surface area (Å²) in [7, 11) is -3.12. The highest BCUT2D eigenvalue weighted by molar-refractivity contribution is 7.91. The van der Waals surface area contributed by atoms with Gasteiger partial charge in [0.15, 0.2) is 9.84 Å². The topological polar surface area (TPSA) is 73.0 Å². The van der Waals surface area contributed by atoms with Crippen molar-refractivity contribution in [1.29, 1.82) is 0 Å². The molecule has 3 aliphatic heterocycles. The third-order valence-electron chi connectivity index (χ3n) is 7.04. The van der Waals surface area contributed by atoms with Crippen LogP contribution in [0.3, 0.4) is 0 Å². The molecular formula is C23H36N4O3S. The number of carbonyl (C=O) groups is 1. The van der Waals surface area contributed by atoms with Gasteiger partial charge in [-0.1, -0.05) is 6.42 Å². The summed E-state index contributed by atoms with van der Waals surface area (Å²) in [4.78, 5) is 20.0. The molecule has 4 rings (SSSR count). The fraction of sp³-hybridized carbons (Fsp3) is 0.696. The molecule has 31 heavy (non-hydrogen) atoms. The molecule has 1 aromatic carbocycles. The average molecular weight is 449 g/mol. The van der Waals surface area contributed by atoms with Crippen molar-refractivity contribution >= 4 is 21.4 Å². The molecule has 2 unspecified atom stereocenters. The van der Waals surface area contributed by atoms with E-state index in [9.17, 15) is 13.2 Å². The van der Waals surface area contributed by atoms with Gasteiger partial charge < -0.3 is 10.2 Å². The van der Waals surface area contributed by atoms with E-state index in [2.05, 4.69) is 33.9 Å². The molecule has 7 nitrogen and oxygen atoms in total. The van der Waals surface area contributed by atoms with E-state index in [4.69, 9.17) is 0 Å². The van der Waals surface area contributed by atoms with Crippen molar-refractivity contribution in [3.63, 3.8) is 0 Å². The number of amides is 1. The fourth-order valence-corrected chi connectivity index (χ4v) is 7.10. The number of nitrogens with one attached hydrogen (secondary N) is 1. The van der Waals surface area contributed by atoms with E-state index in [1.54, 1.807) is 0 Å². The van der Waals surface area contributed by atoms with Crippen LogP contribution < -0.4 is 10.2 Å². The molecule has 3 fully saturated rings. The van der Waals surface area contributed by atoms with Crippen molar-refractivity contribution in [3.8, 4) is 0 Å². The van der Waals surface area contributed by atoms with Gasteiger partial charge in [-0.2, -0.15) is 0 Å². The Kier molecular flexibility index (Phi) is 6.89. The van der Waals surface area contributed by atoms with Gasteiger partial charge in [-0.05, 0) is 64.0 Å². The second-order valence-corrected chi connectivity index (χ2v) is 11.6. The van der Waals surface area contributed by atoms with Crippen LogP contribution in [0.2, 0.25) is 0 Å². The van der Waals surface area contributed by atoms with Crippen LogP contribution in [-0.2, 0) is 9.84 Å². The van der Waals surface area contributed by atoms with Gasteiger partial charge in [-0.25, -0.2) is 8.42 Å². The SMILES string of the molecule is CC(C)N1CCN(c2ccc(C(=O)NC3CS(=O)(=O)CC3N3CCCCC3)cc2)CC1. The minimum atomic E-state index is -3.12.